The summed E-state index contributed by atoms with van der Waals surface area (Å²) in [7, 11) is 0. The summed E-state index contributed by atoms with van der Waals surface area (Å²) in [6.07, 6.45) is -4.65. The van der Waals surface area contributed by atoms with Gasteiger partial charge in [0.2, 0.25) is 12.2 Å². The Balaban J connectivity index is 2.21. The molecular weight excluding hydrogens is 290 g/mol. The zero-order chi connectivity index (χ0) is 16.3. The zero-order valence-electron chi connectivity index (χ0n) is 12.5. The lowest BCUT2D eigenvalue weighted by molar-refractivity contribution is -0.244. The highest BCUT2D eigenvalue weighted by Gasteiger charge is 2.46. The normalized spacial score (nSPS) is 31.6. The van der Waals surface area contributed by atoms with Gasteiger partial charge in [-0.2, -0.15) is 0 Å². The maximum atomic E-state index is 11.3. The first-order valence-electron chi connectivity index (χ1n) is 7.05. The Morgan fingerprint density at radius 2 is 2.09 bits per heavy atom. The van der Waals surface area contributed by atoms with E-state index >= 15 is 0 Å². The molecule has 0 aliphatic carbocycles. The van der Waals surface area contributed by atoms with Crippen LogP contribution >= 0.6 is 0 Å². The van der Waals surface area contributed by atoms with Crippen molar-refractivity contribution in [3.05, 3.63) is 29.8 Å². The highest BCUT2D eigenvalue weighted by atomic mass is 16.7. The fourth-order valence-corrected chi connectivity index (χ4v) is 2.39. The van der Waals surface area contributed by atoms with Gasteiger partial charge in [0.05, 0.1) is 6.61 Å². The van der Waals surface area contributed by atoms with Crippen LogP contribution in [0, 0.1) is 6.92 Å². The number of hydrogen-bond acceptors (Lipinski definition) is 6. The molecule has 22 heavy (non-hydrogen) atoms. The molecule has 0 spiro atoms. The number of benzene rings is 1. The average molecular weight is 311 g/mol. The Labute approximate surface area is 128 Å². The standard InChI is InChI=1S/C15H21NO6/c1-8-4-3-5-10(6-8)21-15-12(16-9(2)18)14(20)13(19)11(7-17)22-15/h3-6,11-15,17,19-20H,7H2,1-2H3,(H,16,18). The number of aryl methyl sites for hydroxylation is 1. The van der Waals surface area contributed by atoms with Crippen molar-refractivity contribution in [3.8, 4) is 5.75 Å². The van der Waals surface area contributed by atoms with E-state index in [-0.39, 0.29) is 5.91 Å². The number of carbonyl (C=O) groups is 1. The molecule has 5 unspecified atom stereocenters. The summed E-state index contributed by atoms with van der Waals surface area (Å²) >= 11 is 0. The first-order chi connectivity index (χ1) is 10.4. The van der Waals surface area contributed by atoms with Crippen LogP contribution in [0.15, 0.2) is 24.3 Å². The average Bonchev–Trinajstić information content (AvgIpc) is 2.46. The molecule has 5 atom stereocenters. The summed E-state index contributed by atoms with van der Waals surface area (Å²) in [5, 5.41) is 31.8. The SMILES string of the molecule is CC(=O)NC1C(Oc2cccc(C)c2)OC(CO)C(O)C1O. The van der Waals surface area contributed by atoms with E-state index in [9.17, 15) is 20.1 Å². The molecule has 0 bridgehead atoms. The molecule has 1 aliphatic rings. The monoisotopic (exact) mass is 311 g/mol. The summed E-state index contributed by atoms with van der Waals surface area (Å²) in [6, 6.07) is 6.24. The molecular formula is C15H21NO6. The molecule has 1 aromatic carbocycles. The lowest BCUT2D eigenvalue weighted by Crippen LogP contribution is -2.65. The van der Waals surface area contributed by atoms with Gasteiger partial charge in [-0.05, 0) is 24.6 Å². The summed E-state index contributed by atoms with van der Waals surface area (Å²) < 4.78 is 11.2. The van der Waals surface area contributed by atoms with Gasteiger partial charge < -0.3 is 30.1 Å². The summed E-state index contributed by atoms with van der Waals surface area (Å²) in [5.74, 6) is 0.112. The predicted octanol–water partition coefficient (Wildman–Crippen LogP) is -0.682. The lowest BCUT2D eigenvalue weighted by Gasteiger charge is -2.42. The van der Waals surface area contributed by atoms with Gasteiger partial charge in [0.25, 0.3) is 0 Å². The Morgan fingerprint density at radius 1 is 1.36 bits per heavy atom. The molecule has 7 nitrogen and oxygen atoms in total. The molecule has 0 saturated carbocycles. The molecule has 1 heterocycles. The van der Waals surface area contributed by atoms with Crippen molar-refractivity contribution in [1.82, 2.24) is 5.32 Å². The van der Waals surface area contributed by atoms with Gasteiger partial charge in [-0.1, -0.05) is 12.1 Å². The summed E-state index contributed by atoms with van der Waals surface area (Å²) in [4.78, 5) is 11.3. The van der Waals surface area contributed by atoms with Crippen LogP contribution in [0.25, 0.3) is 0 Å². The van der Waals surface area contributed by atoms with Crippen molar-refractivity contribution in [3.63, 3.8) is 0 Å². The van der Waals surface area contributed by atoms with Gasteiger partial charge >= 0.3 is 0 Å². The van der Waals surface area contributed by atoms with Crippen molar-refractivity contribution in [2.45, 2.75) is 44.5 Å². The van der Waals surface area contributed by atoms with Gasteiger partial charge in [0, 0.05) is 6.92 Å². The number of nitrogens with one attached hydrogen (secondary N) is 1. The van der Waals surface area contributed by atoms with E-state index in [4.69, 9.17) is 9.47 Å². The van der Waals surface area contributed by atoms with Crippen molar-refractivity contribution >= 4 is 5.91 Å². The van der Waals surface area contributed by atoms with Crippen molar-refractivity contribution in [2.75, 3.05) is 6.61 Å². The van der Waals surface area contributed by atoms with Gasteiger partial charge in [0.1, 0.15) is 30.1 Å². The van der Waals surface area contributed by atoms with Gasteiger partial charge in [-0.15, -0.1) is 0 Å². The Morgan fingerprint density at radius 3 is 2.68 bits per heavy atom. The zero-order valence-corrected chi connectivity index (χ0v) is 12.5. The highest BCUT2D eigenvalue weighted by Crippen LogP contribution is 2.24. The molecule has 1 aromatic rings. The van der Waals surface area contributed by atoms with E-state index in [1.165, 1.54) is 6.92 Å². The maximum Gasteiger partial charge on any atom is 0.223 e. The number of amides is 1. The van der Waals surface area contributed by atoms with Crippen LogP contribution in [0.3, 0.4) is 0 Å². The second kappa shape index (κ2) is 7.06. The fraction of sp³-hybridized carbons (Fsp3) is 0.533. The molecule has 4 N–H and O–H groups in total. The van der Waals surface area contributed by atoms with Gasteiger partial charge in [-0.25, -0.2) is 0 Å². The molecule has 1 saturated heterocycles. The second-order valence-corrected chi connectivity index (χ2v) is 5.37. The number of hydrogen-bond donors (Lipinski definition) is 4. The number of ether oxygens (including phenoxy) is 2. The Kier molecular flexibility index (Phi) is 5.36. The maximum absolute atomic E-state index is 11.3. The van der Waals surface area contributed by atoms with Crippen LogP contribution in [0.2, 0.25) is 0 Å². The van der Waals surface area contributed by atoms with Crippen molar-refractivity contribution < 1.29 is 29.6 Å². The van der Waals surface area contributed by atoms with E-state index < -0.39 is 37.3 Å². The lowest BCUT2D eigenvalue weighted by atomic mass is 9.97. The first-order valence-corrected chi connectivity index (χ1v) is 7.05. The molecule has 122 valence electrons. The number of rotatable bonds is 4. The topological polar surface area (TPSA) is 108 Å². The minimum absolute atomic E-state index is 0.389. The fourth-order valence-electron chi connectivity index (χ4n) is 2.39. The van der Waals surface area contributed by atoms with E-state index in [0.29, 0.717) is 5.75 Å². The molecule has 7 heteroatoms. The predicted molar refractivity (Wildman–Crippen MR) is 77.2 cm³/mol. The third-order valence-corrected chi connectivity index (χ3v) is 3.49. The van der Waals surface area contributed by atoms with Crippen LogP contribution in [-0.4, -0.2) is 58.5 Å². The minimum Gasteiger partial charge on any atom is -0.463 e. The molecule has 1 aliphatic heterocycles. The molecule has 0 radical (unpaired) electrons. The summed E-state index contributed by atoms with van der Waals surface area (Å²) in [5.41, 5.74) is 0.976. The van der Waals surface area contributed by atoms with Gasteiger partial charge in [-0.3, -0.25) is 4.79 Å². The van der Waals surface area contributed by atoms with Crippen LogP contribution in [-0.2, 0) is 9.53 Å². The molecule has 0 aromatic heterocycles. The van der Waals surface area contributed by atoms with E-state index in [1.807, 2.05) is 13.0 Å². The largest absolute Gasteiger partial charge is 0.463 e. The van der Waals surface area contributed by atoms with Crippen LogP contribution in [0.5, 0.6) is 5.75 Å². The first kappa shape index (κ1) is 16.7. The Bertz CT molecular complexity index is 523. The van der Waals surface area contributed by atoms with Crippen LogP contribution in [0.4, 0.5) is 0 Å². The van der Waals surface area contributed by atoms with Gasteiger partial charge in [0.15, 0.2) is 0 Å². The molecule has 1 amide bonds. The molecule has 1 fully saturated rings. The van der Waals surface area contributed by atoms with Crippen molar-refractivity contribution in [1.29, 1.82) is 0 Å². The van der Waals surface area contributed by atoms with Crippen LogP contribution in [0.1, 0.15) is 12.5 Å². The highest BCUT2D eigenvalue weighted by molar-refractivity contribution is 5.73. The third-order valence-electron chi connectivity index (χ3n) is 3.49. The Hall–Kier alpha value is -1.67. The number of aliphatic hydroxyl groups excluding tert-OH is 3. The summed E-state index contributed by atoms with van der Waals surface area (Å²) in [6.45, 7) is 2.72. The van der Waals surface area contributed by atoms with E-state index in [0.717, 1.165) is 5.56 Å². The second-order valence-electron chi connectivity index (χ2n) is 5.37. The third kappa shape index (κ3) is 3.75. The smallest absolute Gasteiger partial charge is 0.223 e. The van der Waals surface area contributed by atoms with Crippen molar-refractivity contribution in [2.24, 2.45) is 0 Å². The number of aliphatic hydroxyl groups is 3. The quantitative estimate of drug-likeness (QED) is 0.587. The minimum atomic E-state index is -1.32. The van der Waals surface area contributed by atoms with Crippen LogP contribution < -0.4 is 10.1 Å². The number of carbonyl (C=O) groups excluding carboxylic acids is 1. The van der Waals surface area contributed by atoms with E-state index in [1.54, 1.807) is 18.2 Å². The molecule has 2 rings (SSSR count). The van der Waals surface area contributed by atoms with E-state index in [2.05, 4.69) is 5.32 Å².